The average Bonchev–Trinajstić information content (AvgIpc) is 3.07. The fraction of sp³-hybridized carbons (Fsp3) is 0.300. The number of alkyl halides is 3. The first-order valence-electron chi connectivity index (χ1n) is 9.19. The van der Waals surface area contributed by atoms with Crippen molar-refractivity contribution in [3.05, 3.63) is 57.2 Å². The monoisotopic (exact) mass is 533 g/mol. The molecule has 3 heterocycles. The molecule has 0 atom stereocenters. The van der Waals surface area contributed by atoms with E-state index in [0.717, 1.165) is 21.2 Å². The van der Waals surface area contributed by atoms with Crippen molar-refractivity contribution in [1.29, 1.82) is 0 Å². The molecular weight excluding hydrogens is 517 g/mol. The lowest BCUT2D eigenvalue weighted by Crippen LogP contribution is -2.38. The number of carbonyl (C=O) groups excluding carboxylic acids is 1. The van der Waals surface area contributed by atoms with E-state index in [0.29, 0.717) is 37.1 Å². The molecule has 1 fully saturated rings. The molecule has 0 spiro atoms. The molecule has 1 amide bonds. The molecule has 1 aromatic carbocycles. The number of hydrogen-bond acceptors (Lipinski definition) is 3. The summed E-state index contributed by atoms with van der Waals surface area (Å²) in [7, 11) is 0. The van der Waals surface area contributed by atoms with Crippen LogP contribution in [0.5, 0.6) is 5.75 Å². The Morgan fingerprint density at radius 2 is 1.87 bits per heavy atom. The minimum absolute atomic E-state index is 0.0475. The number of pyridine rings is 1. The molecule has 10 heteroatoms. The van der Waals surface area contributed by atoms with E-state index in [1.54, 1.807) is 4.90 Å². The van der Waals surface area contributed by atoms with Crippen LogP contribution in [-0.2, 0) is 0 Å². The number of H-pyrrole nitrogens is 1. The Labute approximate surface area is 182 Å². The predicted molar refractivity (Wildman–Crippen MR) is 110 cm³/mol. The SMILES string of the molecule is O=C(c1ccc(OC(F)(F)F)cc1)N1CCC(c2c(F)cnc3[nH]c(I)cc23)CC1. The maximum Gasteiger partial charge on any atom is 0.573 e. The van der Waals surface area contributed by atoms with Gasteiger partial charge in [0, 0.05) is 29.6 Å². The summed E-state index contributed by atoms with van der Waals surface area (Å²) in [4.78, 5) is 21.5. The Bertz CT molecular complexity index is 1070. The van der Waals surface area contributed by atoms with Crippen LogP contribution in [0, 0.1) is 9.52 Å². The Kier molecular flexibility index (Phi) is 5.60. The minimum Gasteiger partial charge on any atom is -0.406 e. The number of hydrogen-bond donors (Lipinski definition) is 1. The standard InChI is InChI=1S/C20H16F4IN3O2/c21-15-10-26-18-14(9-16(25)27-18)17(15)11-5-7-28(8-6-11)19(29)12-1-3-13(4-2-12)30-20(22,23)24/h1-4,9-11H,5-8H2,(H,26,27). The smallest absolute Gasteiger partial charge is 0.406 e. The minimum atomic E-state index is -4.78. The number of halogens is 5. The van der Waals surface area contributed by atoms with Crippen molar-refractivity contribution in [3.63, 3.8) is 0 Å². The van der Waals surface area contributed by atoms with E-state index in [9.17, 15) is 22.4 Å². The largest absolute Gasteiger partial charge is 0.573 e. The number of aromatic nitrogens is 2. The zero-order valence-electron chi connectivity index (χ0n) is 15.5. The Morgan fingerprint density at radius 1 is 1.20 bits per heavy atom. The zero-order chi connectivity index (χ0) is 21.5. The summed E-state index contributed by atoms with van der Waals surface area (Å²) in [5, 5.41) is 0.754. The van der Waals surface area contributed by atoms with Crippen LogP contribution in [0.4, 0.5) is 17.6 Å². The molecule has 2 aromatic heterocycles. The summed E-state index contributed by atoms with van der Waals surface area (Å²) in [6, 6.07) is 6.71. The van der Waals surface area contributed by atoms with Gasteiger partial charge in [0.05, 0.1) is 9.90 Å². The molecule has 3 aromatic rings. The Hall–Kier alpha value is -2.37. The van der Waals surface area contributed by atoms with E-state index in [-0.39, 0.29) is 29.0 Å². The van der Waals surface area contributed by atoms with Gasteiger partial charge in [0.25, 0.3) is 5.91 Å². The van der Waals surface area contributed by atoms with Crippen LogP contribution in [0.15, 0.2) is 36.5 Å². The van der Waals surface area contributed by atoms with Crippen LogP contribution in [0.2, 0.25) is 0 Å². The number of piperidine rings is 1. The van der Waals surface area contributed by atoms with Gasteiger partial charge in [-0.1, -0.05) is 0 Å². The summed E-state index contributed by atoms with van der Waals surface area (Å²) in [6.07, 6.45) is -2.40. The number of fused-ring (bicyclic) bond motifs is 1. The van der Waals surface area contributed by atoms with Crippen LogP contribution >= 0.6 is 22.6 Å². The Balaban J connectivity index is 1.45. The van der Waals surface area contributed by atoms with Crippen LogP contribution in [0.3, 0.4) is 0 Å². The fourth-order valence-corrected chi connectivity index (χ4v) is 4.37. The average molecular weight is 533 g/mol. The number of amides is 1. The lowest BCUT2D eigenvalue weighted by molar-refractivity contribution is -0.274. The maximum absolute atomic E-state index is 14.5. The maximum atomic E-state index is 14.5. The number of carbonyl (C=O) groups is 1. The van der Waals surface area contributed by atoms with Crippen LogP contribution in [0.25, 0.3) is 11.0 Å². The van der Waals surface area contributed by atoms with Crippen LogP contribution in [-0.4, -0.2) is 40.2 Å². The second kappa shape index (κ2) is 8.05. The highest BCUT2D eigenvalue weighted by Gasteiger charge is 2.31. The van der Waals surface area contributed by atoms with E-state index in [4.69, 9.17) is 0 Å². The second-order valence-electron chi connectivity index (χ2n) is 7.04. The molecule has 0 radical (unpaired) electrons. The number of ether oxygens (including phenoxy) is 1. The second-order valence-corrected chi connectivity index (χ2v) is 8.20. The summed E-state index contributed by atoms with van der Waals surface area (Å²) in [6.45, 7) is 0.851. The first kappa shape index (κ1) is 20.9. The summed E-state index contributed by atoms with van der Waals surface area (Å²) in [5.74, 6) is -1.06. The van der Waals surface area contributed by atoms with E-state index in [1.165, 1.54) is 18.3 Å². The predicted octanol–water partition coefficient (Wildman–Crippen LogP) is 5.23. The van der Waals surface area contributed by atoms with Gasteiger partial charge >= 0.3 is 6.36 Å². The number of nitrogens with zero attached hydrogens (tertiary/aromatic N) is 2. The van der Waals surface area contributed by atoms with Gasteiger partial charge in [0.1, 0.15) is 17.2 Å². The van der Waals surface area contributed by atoms with Crippen LogP contribution in [0.1, 0.15) is 34.7 Å². The molecule has 0 bridgehead atoms. The molecule has 5 nitrogen and oxygen atoms in total. The van der Waals surface area contributed by atoms with Crippen molar-refractivity contribution in [2.75, 3.05) is 13.1 Å². The molecule has 158 valence electrons. The van der Waals surface area contributed by atoms with Crippen molar-refractivity contribution in [3.8, 4) is 5.75 Å². The lowest BCUT2D eigenvalue weighted by Gasteiger charge is -2.32. The van der Waals surface area contributed by atoms with Crippen molar-refractivity contribution in [2.24, 2.45) is 0 Å². The fourth-order valence-electron chi connectivity index (χ4n) is 3.81. The molecular formula is C20H16F4IN3O2. The molecule has 30 heavy (non-hydrogen) atoms. The molecule has 1 aliphatic heterocycles. The van der Waals surface area contributed by atoms with Gasteiger partial charge in [0.2, 0.25) is 0 Å². The van der Waals surface area contributed by atoms with E-state index >= 15 is 0 Å². The van der Waals surface area contributed by atoms with Gasteiger partial charge in [0.15, 0.2) is 0 Å². The van der Waals surface area contributed by atoms with Crippen LogP contribution < -0.4 is 4.74 Å². The Morgan fingerprint density at radius 3 is 2.50 bits per heavy atom. The molecule has 1 N–H and O–H groups in total. The van der Waals surface area contributed by atoms with Crippen molar-refractivity contribution < 1.29 is 27.1 Å². The third-order valence-electron chi connectivity index (χ3n) is 5.14. The highest BCUT2D eigenvalue weighted by atomic mass is 127. The third kappa shape index (κ3) is 4.37. The summed E-state index contributed by atoms with van der Waals surface area (Å²) < 4.78 is 56.0. The quantitative estimate of drug-likeness (QED) is 0.371. The zero-order valence-corrected chi connectivity index (χ0v) is 17.6. The number of benzene rings is 1. The topological polar surface area (TPSA) is 58.2 Å². The first-order valence-corrected chi connectivity index (χ1v) is 10.3. The molecule has 0 aliphatic carbocycles. The van der Waals surface area contributed by atoms with E-state index in [2.05, 4.69) is 37.3 Å². The van der Waals surface area contributed by atoms with Gasteiger partial charge in [-0.3, -0.25) is 4.79 Å². The molecule has 1 saturated heterocycles. The van der Waals surface area contributed by atoms with Gasteiger partial charge < -0.3 is 14.6 Å². The third-order valence-corrected chi connectivity index (χ3v) is 5.72. The number of aromatic amines is 1. The highest BCUT2D eigenvalue weighted by molar-refractivity contribution is 14.1. The molecule has 1 aliphatic rings. The number of likely N-dealkylation sites (tertiary alicyclic amines) is 1. The summed E-state index contributed by atoms with van der Waals surface area (Å²) >= 11 is 2.12. The van der Waals surface area contributed by atoms with Crippen molar-refractivity contribution >= 4 is 39.5 Å². The lowest BCUT2D eigenvalue weighted by atomic mass is 9.87. The summed E-state index contributed by atoms with van der Waals surface area (Å²) in [5.41, 5.74) is 1.52. The van der Waals surface area contributed by atoms with Gasteiger partial charge in [-0.25, -0.2) is 9.37 Å². The van der Waals surface area contributed by atoms with Gasteiger partial charge in [-0.2, -0.15) is 0 Å². The number of rotatable bonds is 3. The first-order chi connectivity index (χ1) is 14.2. The normalized spacial score (nSPS) is 15.6. The van der Waals surface area contributed by atoms with E-state index in [1.807, 2.05) is 6.07 Å². The molecule has 0 unspecified atom stereocenters. The van der Waals surface area contributed by atoms with E-state index < -0.39 is 6.36 Å². The van der Waals surface area contributed by atoms with Crippen molar-refractivity contribution in [1.82, 2.24) is 14.9 Å². The molecule has 0 saturated carbocycles. The molecule has 4 rings (SSSR count). The number of nitrogens with one attached hydrogen (secondary N) is 1. The van der Waals surface area contributed by atoms with Gasteiger partial charge in [-0.05, 0) is 71.7 Å². The van der Waals surface area contributed by atoms with Crippen molar-refractivity contribution in [2.45, 2.75) is 25.1 Å². The van der Waals surface area contributed by atoms with Gasteiger partial charge in [-0.15, -0.1) is 13.2 Å². The highest BCUT2D eigenvalue weighted by Crippen LogP contribution is 2.35.